The van der Waals surface area contributed by atoms with E-state index in [1.165, 1.54) is 37.0 Å². The van der Waals surface area contributed by atoms with Crippen LogP contribution in [0.3, 0.4) is 0 Å². The largest absolute Gasteiger partial charge is 0.294 e. The van der Waals surface area contributed by atoms with Crippen molar-refractivity contribution < 1.29 is 9.18 Å². The maximum atomic E-state index is 13.4. The molecule has 136 valence electrons. The maximum absolute atomic E-state index is 13.4. The van der Waals surface area contributed by atoms with Crippen molar-refractivity contribution in [2.75, 3.05) is 0 Å². The van der Waals surface area contributed by atoms with Crippen LogP contribution < -0.4 is 0 Å². The van der Waals surface area contributed by atoms with Gasteiger partial charge in [-0.3, -0.25) is 9.69 Å². The number of carbonyl (C=O) groups excluding carboxylic acids is 1. The summed E-state index contributed by atoms with van der Waals surface area (Å²) in [4.78, 5) is 15.7. The average molecular weight is 351 g/mol. The lowest BCUT2D eigenvalue weighted by molar-refractivity contribution is 0.00904. The first kappa shape index (κ1) is 17.4. The van der Waals surface area contributed by atoms with Crippen LogP contribution in [0.2, 0.25) is 0 Å². The van der Waals surface area contributed by atoms with Gasteiger partial charge >= 0.3 is 0 Å². The van der Waals surface area contributed by atoms with Gasteiger partial charge in [0.15, 0.2) is 5.78 Å². The molecule has 2 aromatic carbocycles. The predicted octanol–water partition coefficient (Wildman–Crippen LogP) is 5.15. The minimum atomic E-state index is -0.270. The molecule has 0 spiro atoms. The lowest BCUT2D eigenvalue weighted by atomic mass is 9.75. The fraction of sp³-hybridized carbons (Fsp3) is 0.435. The molecular weight excluding hydrogens is 325 g/mol. The number of carbonyl (C=O) groups is 1. The number of halogens is 1. The van der Waals surface area contributed by atoms with Crippen LogP contribution in [0, 0.1) is 18.7 Å². The molecular formula is C23H26FNO. The highest BCUT2D eigenvalue weighted by atomic mass is 19.1. The molecule has 3 heteroatoms. The molecule has 2 saturated heterocycles. The van der Waals surface area contributed by atoms with Crippen LogP contribution in [0.25, 0.3) is 0 Å². The van der Waals surface area contributed by atoms with Crippen molar-refractivity contribution in [3.05, 3.63) is 71.0 Å². The van der Waals surface area contributed by atoms with Gasteiger partial charge in [0.05, 0.1) is 0 Å². The van der Waals surface area contributed by atoms with Gasteiger partial charge in [0, 0.05) is 30.1 Å². The van der Waals surface area contributed by atoms with Gasteiger partial charge in [0.25, 0.3) is 0 Å². The summed E-state index contributed by atoms with van der Waals surface area (Å²) in [5.74, 6) is 0.00819. The van der Waals surface area contributed by atoms with E-state index in [9.17, 15) is 9.18 Å². The van der Waals surface area contributed by atoms with Gasteiger partial charge in [0.1, 0.15) is 5.82 Å². The maximum Gasteiger partial charge on any atom is 0.166 e. The van der Waals surface area contributed by atoms with E-state index in [0.717, 1.165) is 24.9 Å². The fourth-order valence-corrected chi connectivity index (χ4v) is 4.87. The van der Waals surface area contributed by atoms with Crippen molar-refractivity contribution in [3.63, 3.8) is 0 Å². The van der Waals surface area contributed by atoms with Gasteiger partial charge in [0.2, 0.25) is 0 Å². The highest BCUT2D eigenvalue weighted by Gasteiger charge is 2.40. The molecule has 2 fully saturated rings. The van der Waals surface area contributed by atoms with Gasteiger partial charge < -0.3 is 0 Å². The molecule has 0 aliphatic carbocycles. The first-order valence-corrected chi connectivity index (χ1v) is 9.72. The number of rotatable bonds is 4. The molecule has 0 N–H and O–H groups in total. The van der Waals surface area contributed by atoms with Crippen LogP contribution >= 0.6 is 0 Å². The van der Waals surface area contributed by atoms with E-state index in [-0.39, 0.29) is 17.5 Å². The number of hydrogen-bond donors (Lipinski definition) is 0. The van der Waals surface area contributed by atoms with Crippen molar-refractivity contribution >= 4 is 5.78 Å². The van der Waals surface area contributed by atoms with E-state index >= 15 is 0 Å². The zero-order chi connectivity index (χ0) is 18.1. The number of nitrogens with zero attached hydrogens (tertiary/aromatic N) is 1. The third kappa shape index (κ3) is 3.45. The second-order valence-electron chi connectivity index (χ2n) is 7.89. The van der Waals surface area contributed by atoms with E-state index in [1.54, 1.807) is 6.07 Å². The highest BCUT2D eigenvalue weighted by molar-refractivity contribution is 5.99. The summed E-state index contributed by atoms with van der Waals surface area (Å²) < 4.78 is 13.4. The Hall–Kier alpha value is -2.00. The lowest BCUT2D eigenvalue weighted by Crippen LogP contribution is -2.52. The number of benzene rings is 2. The van der Waals surface area contributed by atoms with Gasteiger partial charge in [-0.2, -0.15) is 0 Å². The zero-order valence-corrected chi connectivity index (χ0v) is 15.3. The zero-order valence-electron chi connectivity index (χ0n) is 15.3. The fourth-order valence-electron chi connectivity index (χ4n) is 4.87. The second-order valence-corrected chi connectivity index (χ2v) is 7.89. The Morgan fingerprint density at radius 3 is 2.42 bits per heavy atom. The molecule has 0 saturated carbocycles. The van der Waals surface area contributed by atoms with Crippen LogP contribution in [-0.2, 0) is 6.54 Å². The Labute approximate surface area is 155 Å². The molecule has 0 amide bonds. The number of piperidine rings is 2. The standard InChI is InChI=1S/C23H26FNO/c1-16-12-19(24)10-11-22(16)23(26)18-13-20-8-5-9-21(14-18)25(20)15-17-6-3-2-4-7-17/h2-4,6-7,10-12,18,20-21H,5,8-9,13-15H2,1H3. The summed E-state index contributed by atoms with van der Waals surface area (Å²) in [7, 11) is 0. The quantitative estimate of drug-likeness (QED) is 0.710. The smallest absolute Gasteiger partial charge is 0.166 e. The molecule has 2 atom stereocenters. The summed E-state index contributed by atoms with van der Waals surface area (Å²) in [6.07, 6.45) is 5.47. The minimum absolute atomic E-state index is 0.0708. The van der Waals surface area contributed by atoms with Gasteiger partial charge in [-0.25, -0.2) is 4.39 Å². The van der Waals surface area contributed by atoms with Crippen LogP contribution in [-0.4, -0.2) is 22.8 Å². The minimum Gasteiger partial charge on any atom is -0.294 e. The van der Waals surface area contributed by atoms with Crippen LogP contribution in [0.4, 0.5) is 4.39 Å². The Kier molecular flexibility index (Phi) is 4.90. The molecule has 0 radical (unpaired) electrons. The Balaban J connectivity index is 1.51. The van der Waals surface area contributed by atoms with Crippen molar-refractivity contribution in [2.24, 2.45) is 5.92 Å². The van der Waals surface area contributed by atoms with Crippen molar-refractivity contribution in [1.82, 2.24) is 4.90 Å². The summed E-state index contributed by atoms with van der Waals surface area (Å²) in [6, 6.07) is 16.1. The number of Topliss-reactive ketones (excluding diaryl/α,β-unsaturated/α-hetero) is 1. The Bertz CT molecular complexity index is 774. The molecule has 2 aliphatic rings. The average Bonchev–Trinajstić information content (AvgIpc) is 2.62. The Morgan fingerprint density at radius 2 is 1.77 bits per heavy atom. The lowest BCUT2D eigenvalue weighted by Gasteiger charge is -2.48. The molecule has 2 aromatic rings. The van der Waals surface area contributed by atoms with Gasteiger partial charge in [-0.15, -0.1) is 0 Å². The number of hydrogen-bond acceptors (Lipinski definition) is 2. The van der Waals surface area contributed by atoms with E-state index in [0.29, 0.717) is 17.6 Å². The third-order valence-electron chi connectivity index (χ3n) is 6.16. The van der Waals surface area contributed by atoms with E-state index in [1.807, 2.05) is 6.92 Å². The third-order valence-corrected chi connectivity index (χ3v) is 6.16. The SMILES string of the molecule is Cc1cc(F)ccc1C(=O)C1CC2CCCC(C1)N2Cc1ccccc1. The monoisotopic (exact) mass is 351 g/mol. The van der Waals surface area contributed by atoms with Gasteiger partial charge in [-0.05, 0) is 61.9 Å². The number of fused-ring (bicyclic) bond motifs is 2. The first-order valence-electron chi connectivity index (χ1n) is 9.72. The molecule has 2 heterocycles. The van der Waals surface area contributed by atoms with Crippen LogP contribution in [0.1, 0.15) is 53.6 Å². The summed E-state index contributed by atoms with van der Waals surface area (Å²) >= 11 is 0. The summed E-state index contributed by atoms with van der Waals surface area (Å²) in [5.41, 5.74) is 2.81. The molecule has 0 aromatic heterocycles. The number of ketones is 1. The van der Waals surface area contributed by atoms with Crippen molar-refractivity contribution in [1.29, 1.82) is 0 Å². The van der Waals surface area contributed by atoms with Crippen molar-refractivity contribution in [3.8, 4) is 0 Å². The molecule has 2 unspecified atom stereocenters. The molecule has 2 bridgehead atoms. The van der Waals surface area contributed by atoms with E-state index < -0.39 is 0 Å². The summed E-state index contributed by atoms with van der Waals surface area (Å²) in [5, 5.41) is 0. The number of aryl methyl sites for hydroxylation is 1. The topological polar surface area (TPSA) is 20.3 Å². The van der Waals surface area contributed by atoms with Crippen molar-refractivity contribution in [2.45, 2.75) is 57.7 Å². The Morgan fingerprint density at radius 1 is 1.08 bits per heavy atom. The predicted molar refractivity (Wildman–Crippen MR) is 102 cm³/mol. The highest BCUT2D eigenvalue weighted by Crippen LogP contribution is 2.39. The molecule has 4 rings (SSSR count). The first-order chi connectivity index (χ1) is 12.6. The van der Waals surface area contributed by atoms with Crippen LogP contribution in [0.5, 0.6) is 0 Å². The molecule has 26 heavy (non-hydrogen) atoms. The van der Waals surface area contributed by atoms with E-state index in [4.69, 9.17) is 0 Å². The van der Waals surface area contributed by atoms with Crippen LogP contribution in [0.15, 0.2) is 48.5 Å². The normalized spacial score (nSPS) is 25.8. The summed E-state index contributed by atoms with van der Waals surface area (Å²) in [6.45, 7) is 2.81. The van der Waals surface area contributed by atoms with E-state index in [2.05, 4.69) is 35.2 Å². The second kappa shape index (κ2) is 7.32. The van der Waals surface area contributed by atoms with Gasteiger partial charge in [-0.1, -0.05) is 36.8 Å². The molecule has 2 nitrogen and oxygen atoms in total. The molecule has 2 aliphatic heterocycles.